The second kappa shape index (κ2) is 11.6. The van der Waals surface area contributed by atoms with Crippen molar-refractivity contribution in [2.24, 2.45) is 0 Å². The largest absolute Gasteiger partial charge is 0.252 e. The van der Waals surface area contributed by atoms with Gasteiger partial charge in [0.25, 0.3) is 0 Å². The van der Waals surface area contributed by atoms with Crippen LogP contribution in [0.25, 0.3) is 92.7 Å². The first-order valence-corrected chi connectivity index (χ1v) is 18.1. The summed E-state index contributed by atoms with van der Waals surface area (Å²) < 4.78 is 2.66. The van der Waals surface area contributed by atoms with Crippen LogP contribution >= 0.6 is 11.3 Å². The lowest BCUT2D eigenvalue weighted by atomic mass is 9.84. The van der Waals surface area contributed by atoms with Gasteiger partial charge in [0.15, 0.2) is 0 Å². The summed E-state index contributed by atoms with van der Waals surface area (Å²) in [6.07, 6.45) is 7.55. The van der Waals surface area contributed by atoms with Crippen molar-refractivity contribution in [3.63, 3.8) is 0 Å². The lowest BCUT2D eigenvalue weighted by Gasteiger charge is -2.22. The Labute approximate surface area is 295 Å². The third-order valence-corrected chi connectivity index (χ3v) is 11.6. The number of rotatable bonds is 4. The summed E-state index contributed by atoms with van der Waals surface area (Å²) in [4.78, 5) is 10.4. The fourth-order valence-corrected chi connectivity index (χ4v) is 9.18. The van der Waals surface area contributed by atoms with Crippen LogP contribution in [0.15, 0.2) is 152 Å². The molecule has 2 nitrogen and oxygen atoms in total. The van der Waals surface area contributed by atoms with Crippen molar-refractivity contribution in [2.45, 2.75) is 19.3 Å². The molecule has 10 rings (SSSR count). The van der Waals surface area contributed by atoms with Crippen molar-refractivity contribution in [1.82, 2.24) is 9.97 Å². The summed E-state index contributed by atoms with van der Waals surface area (Å²) in [5.74, 6) is 0.404. The van der Waals surface area contributed by atoms with Crippen LogP contribution in [-0.4, -0.2) is 9.97 Å². The normalized spacial score (nSPS) is 14.1. The van der Waals surface area contributed by atoms with Gasteiger partial charge in [-0.3, -0.25) is 4.98 Å². The average molecular weight is 657 g/mol. The van der Waals surface area contributed by atoms with E-state index in [1.807, 2.05) is 17.5 Å². The molecule has 0 radical (unpaired) electrons. The van der Waals surface area contributed by atoms with Gasteiger partial charge in [-0.05, 0) is 74.9 Å². The molecule has 0 fully saturated rings. The molecule has 0 spiro atoms. The van der Waals surface area contributed by atoms with E-state index in [9.17, 15) is 0 Å². The molecule has 0 N–H and O–H groups in total. The zero-order valence-electron chi connectivity index (χ0n) is 27.6. The maximum atomic E-state index is 5.32. The number of fused-ring (bicyclic) bond motifs is 9. The van der Waals surface area contributed by atoms with Crippen molar-refractivity contribution < 1.29 is 0 Å². The molecule has 1 aliphatic carbocycles. The van der Waals surface area contributed by atoms with Crippen molar-refractivity contribution in [3.8, 4) is 44.6 Å². The van der Waals surface area contributed by atoms with Gasteiger partial charge in [0.2, 0.25) is 0 Å². The minimum absolute atomic E-state index is 0.404. The molecule has 1 atom stereocenters. The van der Waals surface area contributed by atoms with Crippen molar-refractivity contribution in [2.75, 3.05) is 0 Å². The Hall–Kier alpha value is -5.90. The molecule has 3 heteroatoms. The van der Waals surface area contributed by atoms with Gasteiger partial charge in [-0.2, -0.15) is 0 Å². The van der Waals surface area contributed by atoms with Gasteiger partial charge in [0.1, 0.15) is 0 Å². The van der Waals surface area contributed by atoms with E-state index in [1.54, 1.807) is 0 Å². The maximum Gasteiger partial charge on any atom is 0.0976 e. The van der Waals surface area contributed by atoms with Crippen LogP contribution in [0.5, 0.6) is 0 Å². The first-order chi connectivity index (χ1) is 24.7. The Morgan fingerprint density at radius 3 is 2.06 bits per heavy atom. The third-order valence-electron chi connectivity index (χ3n) is 10.3. The van der Waals surface area contributed by atoms with Crippen LogP contribution in [0.2, 0.25) is 0 Å². The molecule has 7 aromatic carbocycles. The fourth-order valence-electron chi connectivity index (χ4n) is 7.95. The minimum atomic E-state index is 0.404. The van der Waals surface area contributed by atoms with Crippen LogP contribution in [0, 0.1) is 0 Å². The van der Waals surface area contributed by atoms with Gasteiger partial charge in [0.05, 0.1) is 22.9 Å². The number of nitrogens with zero attached hydrogens (tertiary/aromatic N) is 2. The van der Waals surface area contributed by atoms with Crippen LogP contribution in [0.4, 0.5) is 0 Å². The SMILES string of the molecule is CC1CC=Cc2c1c1ncc(-c3cccc(-c4cccc(-c5ccccc5-c5cccc6c5sc5ccccc56)c4)c3)nc1c1ccccc21. The first kappa shape index (κ1) is 29.1. The minimum Gasteiger partial charge on any atom is -0.252 e. The van der Waals surface area contributed by atoms with Crippen LogP contribution in [0.3, 0.4) is 0 Å². The highest BCUT2D eigenvalue weighted by molar-refractivity contribution is 7.26. The predicted molar refractivity (Wildman–Crippen MR) is 214 cm³/mol. The molecule has 50 heavy (non-hydrogen) atoms. The smallest absolute Gasteiger partial charge is 0.0976 e. The van der Waals surface area contributed by atoms with Gasteiger partial charge in [-0.15, -0.1) is 11.3 Å². The van der Waals surface area contributed by atoms with Gasteiger partial charge in [-0.25, -0.2) is 4.98 Å². The Morgan fingerprint density at radius 1 is 0.560 bits per heavy atom. The van der Waals surface area contributed by atoms with Gasteiger partial charge < -0.3 is 0 Å². The second-order valence-corrected chi connectivity index (χ2v) is 14.4. The lowest BCUT2D eigenvalue weighted by molar-refractivity contribution is 0.778. The summed E-state index contributed by atoms with van der Waals surface area (Å²) in [5.41, 5.74) is 13.9. The molecule has 9 aromatic rings. The van der Waals surface area contributed by atoms with E-state index in [1.165, 1.54) is 64.5 Å². The molecular formula is C47H32N2S. The van der Waals surface area contributed by atoms with E-state index in [4.69, 9.17) is 9.97 Å². The Bertz CT molecular complexity index is 2820. The number of hydrogen-bond acceptors (Lipinski definition) is 3. The monoisotopic (exact) mass is 656 g/mol. The zero-order valence-corrected chi connectivity index (χ0v) is 28.4. The summed E-state index contributed by atoms with van der Waals surface area (Å²) in [7, 11) is 0. The second-order valence-electron chi connectivity index (χ2n) is 13.4. The van der Waals surface area contributed by atoms with Crippen molar-refractivity contribution >= 4 is 59.4 Å². The van der Waals surface area contributed by atoms with Crippen molar-refractivity contribution in [1.29, 1.82) is 0 Å². The van der Waals surface area contributed by atoms with Crippen LogP contribution in [-0.2, 0) is 0 Å². The molecule has 1 aliphatic rings. The van der Waals surface area contributed by atoms with E-state index in [-0.39, 0.29) is 0 Å². The fraction of sp³-hybridized carbons (Fsp3) is 0.0638. The molecule has 0 bridgehead atoms. The van der Waals surface area contributed by atoms with E-state index in [2.05, 4.69) is 159 Å². The highest BCUT2D eigenvalue weighted by Gasteiger charge is 2.22. The van der Waals surface area contributed by atoms with Gasteiger partial charge >= 0.3 is 0 Å². The topological polar surface area (TPSA) is 25.8 Å². The van der Waals surface area contributed by atoms with E-state index in [0.717, 1.165) is 39.7 Å². The molecule has 0 saturated heterocycles. The summed E-state index contributed by atoms with van der Waals surface area (Å²) in [5, 5.41) is 5.05. The lowest BCUT2D eigenvalue weighted by Crippen LogP contribution is -2.05. The predicted octanol–water partition coefficient (Wildman–Crippen LogP) is 13.3. The standard InChI is InChI=1S/C47H32N2S/c1-29-12-8-22-38-36-19-4-5-21-39(36)45-46(44(29)38)48-28-42(49-45)33-16-10-14-31(27-33)30-13-9-15-32(26-30)34-17-2-3-18-35(34)40-23-11-24-41-37-20-6-7-25-43(37)50-47(40)41/h2-11,13-29H,12H2,1H3. The Kier molecular flexibility index (Phi) is 6.75. The number of benzene rings is 7. The molecule has 0 amide bonds. The number of hydrogen-bond donors (Lipinski definition) is 0. The van der Waals surface area contributed by atoms with E-state index >= 15 is 0 Å². The molecular weight excluding hydrogens is 625 g/mol. The van der Waals surface area contributed by atoms with Gasteiger partial charge in [-0.1, -0.05) is 140 Å². The van der Waals surface area contributed by atoms with Gasteiger partial charge in [0, 0.05) is 36.7 Å². The van der Waals surface area contributed by atoms with Crippen LogP contribution < -0.4 is 0 Å². The zero-order chi connectivity index (χ0) is 33.2. The summed E-state index contributed by atoms with van der Waals surface area (Å²) >= 11 is 1.88. The third kappa shape index (κ3) is 4.62. The van der Waals surface area contributed by atoms with E-state index < -0.39 is 0 Å². The van der Waals surface area contributed by atoms with Crippen LogP contribution in [0.1, 0.15) is 30.4 Å². The molecule has 0 saturated carbocycles. The molecule has 1 unspecified atom stereocenters. The molecule has 0 aliphatic heterocycles. The maximum absolute atomic E-state index is 5.32. The molecule has 236 valence electrons. The molecule has 2 heterocycles. The average Bonchev–Trinajstić information content (AvgIpc) is 3.57. The first-order valence-electron chi connectivity index (χ1n) is 17.3. The highest BCUT2D eigenvalue weighted by atomic mass is 32.1. The summed E-state index contributed by atoms with van der Waals surface area (Å²) in [6, 6.07) is 50.6. The number of aromatic nitrogens is 2. The Balaban J connectivity index is 1.07. The highest BCUT2D eigenvalue weighted by Crippen LogP contribution is 2.44. The quantitative estimate of drug-likeness (QED) is 0.176. The number of allylic oxidation sites excluding steroid dienone is 1. The number of thiophene rings is 1. The van der Waals surface area contributed by atoms with Crippen molar-refractivity contribution in [3.05, 3.63) is 163 Å². The summed E-state index contributed by atoms with van der Waals surface area (Å²) in [6.45, 7) is 2.30. The Morgan fingerprint density at radius 2 is 1.20 bits per heavy atom. The molecule has 2 aromatic heterocycles. The van der Waals surface area contributed by atoms with E-state index in [0.29, 0.717) is 5.92 Å².